The molecule has 3 nitrogen and oxygen atoms in total. The van der Waals surface area contributed by atoms with Gasteiger partial charge in [-0.25, -0.2) is 4.79 Å². The van der Waals surface area contributed by atoms with Crippen molar-refractivity contribution in [3.8, 4) is 0 Å². The highest BCUT2D eigenvalue weighted by atomic mass is 16.5. The average Bonchev–Trinajstić information content (AvgIpc) is 2.65. The van der Waals surface area contributed by atoms with Gasteiger partial charge in [0.15, 0.2) is 0 Å². The number of carbonyl (C=O) groups is 1. The molecule has 0 aliphatic carbocycles. The van der Waals surface area contributed by atoms with Crippen molar-refractivity contribution in [2.24, 2.45) is 0 Å². The first kappa shape index (κ1) is 10.2. The predicted molar refractivity (Wildman–Crippen MR) is 57.8 cm³/mol. The highest BCUT2D eigenvalue weighted by molar-refractivity contribution is 5.89. The lowest BCUT2D eigenvalue weighted by Gasteiger charge is -2.11. The lowest BCUT2D eigenvalue weighted by Crippen LogP contribution is -2.22. The molecule has 0 aromatic heterocycles. The van der Waals surface area contributed by atoms with Crippen molar-refractivity contribution in [1.29, 1.82) is 0 Å². The van der Waals surface area contributed by atoms with E-state index >= 15 is 0 Å². The summed E-state index contributed by atoms with van der Waals surface area (Å²) < 4.78 is 5.39. The van der Waals surface area contributed by atoms with Crippen LogP contribution in [0.5, 0.6) is 0 Å². The molecule has 0 amide bonds. The lowest BCUT2D eigenvalue weighted by molar-refractivity contribution is 0.0327. The third kappa shape index (κ3) is 2.57. The van der Waals surface area contributed by atoms with Gasteiger partial charge in [-0.2, -0.15) is 0 Å². The smallest absolute Gasteiger partial charge is 0.338 e. The monoisotopic (exact) mass is 205 g/mol. The molecule has 0 radical (unpaired) electrons. The zero-order valence-corrected chi connectivity index (χ0v) is 8.85. The summed E-state index contributed by atoms with van der Waals surface area (Å²) in [6.45, 7) is 1.85. The SMILES string of the molecule is CN1CCC(OC(=O)c2ccccc2)C1. The molecule has 0 saturated carbocycles. The summed E-state index contributed by atoms with van der Waals surface area (Å²) in [4.78, 5) is 13.8. The minimum atomic E-state index is -0.212. The summed E-state index contributed by atoms with van der Waals surface area (Å²) in [5.74, 6) is -0.212. The van der Waals surface area contributed by atoms with Crippen molar-refractivity contribution in [2.75, 3.05) is 20.1 Å². The van der Waals surface area contributed by atoms with E-state index in [1.165, 1.54) is 0 Å². The minimum Gasteiger partial charge on any atom is -0.457 e. The molecule has 1 saturated heterocycles. The van der Waals surface area contributed by atoms with E-state index < -0.39 is 0 Å². The van der Waals surface area contributed by atoms with E-state index in [9.17, 15) is 4.79 Å². The maximum atomic E-state index is 11.7. The number of rotatable bonds is 2. The van der Waals surface area contributed by atoms with Crippen molar-refractivity contribution in [2.45, 2.75) is 12.5 Å². The van der Waals surface area contributed by atoms with Crippen LogP contribution in [0, 0.1) is 0 Å². The van der Waals surface area contributed by atoms with E-state index in [4.69, 9.17) is 4.74 Å². The Kier molecular flexibility index (Phi) is 3.02. The molecule has 1 aliphatic rings. The molecule has 80 valence electrons. The van der Waals surface area contributed by atoms with Crippen LogP contribution in [0.3, 0.4) is 0 Å². The van der Waals surface area contributed by atoms with Crippen molar-refractivity contribution in [3.05, 3.63) is 35.9 Å². The number of likely N-dealkylation sites (tertiary alicyclic amines) is 1. The Morgan fingerprint density at radius 3 is 2.73 bits per heavy atom. The van der Waals surface area contributed by atoms with Gasteiger partial charge in [-0.05, 0) is 25.6 Å². The highest BCUT2D eigenvalue weighted by Gasteiger charge is 2.23. The molecule has 0 bridgehead atoms. The summed E-state index contributed by atoms with van der Waals surface area (Å²) in [5, 5.41) is 0. The Labute approximate surface area is 89.7 Å². The van der Waals surface area contributed by atoms with Crippen molar-refractivity contribution in [3.63, 3.8) is 0 Å². The summed E-state index contributed by atoms with van der Waals surface area (Å²) in [6, 6.07) is 9.14. The summed E-state index contributed by atoms with van der Waals surface area (Å²) in [6.07, 6.45) is 0.998. The molecule has 1 aliphatic heterocycles. The van der Waals surface area contributed by atoms with Crippen LogP contribution in [-0.4, -0.2) is 37.1 Å². The van der Waals surface area contributed by atoms with Crippen LogP contribution in [-0.2, 0) is 4.74 Å². The zero-order chi connectivity index (χ0) is 10.7. The fraction of sp³-hybridized carbons (Fsp3) is 0.417. The number of likely N-dealkylation sites (N-methyl/N-ethyl adjacent to an activating group) is 1. The summed E-state index contributed by atoms with van der Waals surface area (Å²) in [7, 11) is 2.04. The predicted octanol–water partition coefficient (Wildman–Crippen LogP) is 1.55. The second-order valence-electron chi connectivity index (χ2n) is 3.94. The van der Waals surface area contributed by atoms with Crippen LogP contribution in [0.4, 0.5) is 0 Å². The number of esters is 1. The van der Waals surface area contributed by atoms with E-state index in [0.717, 1.165) is 19.5 Å². The second-order valence-corrected chi connectivity index (χ2v) is 3.94. The molecule has 1 fully saturated rings. The van der Waals surface area contributed by atoms with Gasteiger partial charge in [-0.15, -0.1) is 0 Å². The van der Waals surface area contributed by atoms with E-state index in [2.05, 4.69) is 4.90 Å². The second kappa shape index (κ2) is 4.45. The lowest BCUT2D eigenvalue weighted by atomic mass is 10.2. The van der Waals surface area contributed by atoms with Crippen molar-refractivity contribution < 1.29 is 9.53 Å². The quantitative estimate of drug-likeness (QED) is 0.686. The minimum absolute atomic E-state index is 0.0581. The van der Waals surface area contributed by atoms with Crippen LogP contribution < -0.4 is 0 Å². The Hall–Kier alpha value is -1.35. The van der Waals surface area contributed by atoms with Gasteiger partial charge in [0.1, 0.15) is 6.10 Å². The van der Waals surface area contributed by atoms with Gasteiger partial charge in [-0.3, -0.25) is 0 Å². The van der Waals surface area contributed by atoms with Gasteiger partial charge in [0.25, 0.3) is 0 Å². The van der Waals surface area contributed by atoms with Crippen molar-refractivity contribution in [1.82, 2.24) is 4.90 Å². The summed E-state index contributed by atoms with van der Waals surface area (Å²) in [5.41, 5.74) is 0.632. The van der Waals surface area contributed by atoms with Gasteiger partial charge >= 0.3 is 5.97 Å². The number of nitrogens with zero attached hydrogens (tertiary/aromatic N) is 1. The molecule has 1 heterocycles. The normalized spacial score (nSPS) is 21.5. The zero-order valence-electron chi connectivity index (χ0n) is 8.85. The maximum absolute atomic E-state index is 11.7. The molecule has 1 unspecified atom stereocenters. The first-order valence-corrected chi connectivity index (χ1v) is 5.20. The third-order valence-corrected chi connectivity index (χ3v) is 2.63. The first-order valence-electron chi connectivity index (χ1n) is 5.20. The van der Waals surface area contributed by atoms with Crippen LogP contribution in [0.1, 0.15) is 16.8 Å². The number of ether oxygens (including phenoxy) is 1. The molecule has 1 atom stereocenters. The van der Waals surface area contributed by atoms with Crippen LogP contribution >= 0.6 is 0 Å². The standard InChI is InChI=1S/C12H15NO2/c1-13-8-7-11(9-13)15-12(14)10-5-3-2-4-6-10/h2-6,11H,7-9H2,1H3. The molecule has 2 rings (SSSR count). The Bertz CT molecular complexity index is 337. The fourth-order valence-electron chi connectivity index (χ4n) is 1.78. The first-order chi connectivity index (χ1) is 7.25. The number of carbonyl (C=O) groups excluding carboxylic acids is 1. The molecule has 3 heteroatoms. The Balaban J connectivity index is 1.93. The maximum Gasteiger partial charge on any atom is 0.338 e. The van der Waals surface area contributed by atoms with Gasteiger partial charge in [0.05, 0.1) is 5.56 Å². The molecule has 1 aromatic carbocycles. The van der Waals surface area contributed by atoms with E-state index in [-0.39, 0.29) is 12.1 Å². The van der Waals surface area contributed by atoms with Crippen LogP contribution in [0.15, 0.2) is 30.3 Å². The van der Waals surface area contributed by atoms with E-state index in [1.54, 1.807) is 12.1 Å². The largest absolute Gasteiger partial charge is 0.457 e. The highest BCUT2D eigenvalue weighted by Crippen LogP contribution is 2.12. The van der Waals surface area contributed by atoms with Gasteiger partial charge < -0.3 is 9.64 Å². The Morgan fingerprint density at radius 2 is 2.13 bits per heavy atom. The van der Waals surface area contributed by atoms with Crippen LogP contribution in [0.25, 0.3) is 0 Å². The summed E-state index contributed by atoms with van der Waals surface area (Å²) >= 11 is 0. The molecule has 1 aromatic rings. The third-order valence-electron chi connectivity index (χ3n) is 2.63. The average molecular weight is 205 g/mol. The van der Waals surface area contributed by atoms with Crippen LogP contribution in [0.2, 0.25) is 0 Å². The van der Waals surface area contributed by atoms with E-state index in [0.29, 0.717) is 5.56 Å². The Morgan fingerprint density at radius 1 is 1.40 bits per heavy atom. The molecular weight excluding hydrogens is 190 g/mol. The van der Waals surface area contributed by atoms with E-state index in [1.807, 2.05) is 25.2 Å². The number of hydrogen-bond acceptors (Lipinski definition) is 3. The molecule has 0 N–H and O–H groups in total. The fourth-order valence-corrected chi connectivity index (χ4v) is 1.78. The van der Waals surface area contributed by atoms with Gasteiger partial charge in [-0.1, -0.05) is 18.2 Å². The number of hydrogen-bond donors (Lipinski definition) is 0. The van der Waals surface area contributed by atoms with Gasteiger partial charge in [0, 0.05) is 13.1 Å². The van der Waals surface area contributed by atoms with Crippen molar-refractivity contribution >= 4 is 5.97 Å². The molecule has 15 heavy (non-hydrogen) atoms. The topological polar surface area (TPSA) is 29.5 Å². The molecule has 0 spiro atoms. The van der Waals surface area contributed by atoms with Gasteiger partial charge in [0.2, 0.25) is 0 Å². The molecular formula is C12H15NO2. The number of benzene rings is 1.